The number of nitrogens with two attached hydrogens (primary N) is 1. The summed E-state index contributed by atoms with van der Waals surface area (Å²) in [7, 11) is 1.24. The number of imidazole rings is 1. The molecule has 5 rings (SSSR count). The minimum Gasteiger partial charge on any atom is -0.465 e. The molecule has 33 heavy (non-hydrogen) atoms. The van der Waals surface area contributed by atoms with Crippen LogP contribution in [0.25, 0.3) is 28.1 Å². The maximum atomic E-state index is 14.8. The van der Waals surface area contributed by atoms with Crippen molar-refractivity contribution >= 4 is 22.6 Å². The van der Waals surface area contributed by atoms with Gasteiger partial charge in [0.25, 0.3) is 0 Å². The van der Waals surface area contributed by atoms with E-state index in [1.54, 1.807) is 4.40 Å². The van der Waals surface area contributed by atoms with Gasteiger partial charge in [-0.15, -0.1) is 6.58 Å². The van der Waals surface area contributed by atoms with Crippen LogP contribution in [0.2, 0.25) is 0 Å². The summed E-state index contributed by atoms with van der Waals surface area (Å²) in [4.78, 5) is 21.7. The first-order valence-corrected chi connectivity index (χ1v) is 11.1. The van der Waals surface area contributed by atoms with Crippen molar-refractivity contribution in [3.63, 3.8) is 0 Å². The standard InChI is InChI=1S/C25H26FN5O2/c1-4-5-10-30-20(11-16-8-9-19(14(2)27)28-24(16)30)22-23(15-6-7-15)31-13-18(26)17(25(32)33-3)12-21(31)29-22/h4,8-9,11-15H,1,5-7,10,27H2,2-3H3/t14-/m1/s1. The minimum absolute atomic E-state index is 0.126. The lowest BCUT2D eigenvalue weighted by atomic mass is 10.1. The molecule has 0 bridgehead atoms. The molecule has 8 heteroatoms. The van der Waals surface area contributed by atoms with Crippen LogP contribution in [0.3, 0.4) is 0 Å². The topological polar surface area (TPSA) is 87.4 Å². The number of hydrogen-bond donors (Lipinski definition) is 1. The molecule has 1 fully saturated rings. The van der Waals surface area contributed by atoms with Gasteiger partial charge in [0.2, 0.25) is 0 Å². The molecule has 0 saturated heterocycles. The van der Waals surface area contributed by atoms with Crippen molar-refractivity contribution in [3.05, 3.63) is 65.9 Å². The van der Waals surface area contributed by atoms with Crippen LogP contribution in [0.5, 0.6) is 0 Å². The normalized spacial score (nSPS) is 14.7. The summed E-state index contributed by atoms with van der Waals surface area (Å²) in [5.74, 6) is -1.06. The Balaban J connectivity index is 1.77. The molecule has 1 aliphatic carbocycles. The zero-order chi connectivity index (χ0) is 23.3. The highest BCUT2D eigenvalue weighted by atomic mass is 19.1. The number of pyridine rings is 2. The maximum absolute atomic E-state index is 14.8. The highest BCUT2D eigenvalue weighted by Gasteiger charge is 2.33. The quantitative estimate of drug-likeness (QED) is 0.326. The number of aromatic nitrogens is 4. The lowest BCUT2D eigenvalue weighted by molar-refractivity contribution is 0.0595. The number of methoxy groups -OCH3 is 1. The molecule has 0 spiro atoms. The summed E-state index contributed by atoms with van der Waals surface area (Å²) in [5.41, 5.74) is 10.8. The van der Waals surface area contributed by atoms with E-state index in [0.717, 1.165) is 53.1 Å². The molecule has 0 aromatic carbocycles. The fraction of sp³-hybridized carbons (Fsp3) is 0.320. The third-order valence-corrected chi connectivity index (χ3v) is 6.15. The van der Waals surface area contributed by atoms with Crippen molar-refractivity contribution in [1.29, 1.82) is 0 Å². The summed E-state index contributed by atoms with van der Waals surface area (Å²) in [6.45, 7) is 6.45. The zero-order valence-corrected chi connectivity index (χ0v) is 18.7. The number of nitrogens with zero attached hydrogens (tertiary/aromatic N) is 4. The fourth-order valence-electron chi connectivity index (χ4n) is 4.32. The molecule has 0 radical (unpaired) electrons. The first kappa shape index (κ1) is 21.3. The van der Waals surface area contributed by atoms with Crippen molar-refractivity contribution in [3.8, 4) is 11.4 Å². The molecule has 1 saturated carbocycles. The van der Waals surface area contributed by atoms with Crippen molar-refractivity contribution in [2.75, 3.05) is 7.11 Å². The van der Waals surface area contributed by atoms with Gasteiger partial charge in [0.15, 0.2) is 5.82 Å². The van der Waals surface area contributed by atoms with Crippen molar-refractivity contribution in [2.45, 2.75) is 44.7 Å². The van der Waals surface area contributed by atoms with Crippen LogP contribution in [0.4, 0.5) is 4.39 Å². The van der Waals surface area contributed by atoms with Gasteiger partial charge in [-0.3, -0.25) is 0 Å². The Bertz CT molecular complexity index is 1400. The van der Waals surface area contributed by atoms with E-state index in [4.69, 9.17) is 20.4 Å². The highest BCUT2D eigenvalue weighted by Crippen LogP contribution is 2.45. The van der Waals surface area contributed by atoms with Crippen molar-refractivity contribution in [2.24, 2.45) is 5.73 Å². The third kappa shape index (κ3) is 3.60. The van der Waals surface area contributed by atoms with E-state index < -0.39 is 11.8 Å². The lowest BCUT2D eigenvalue weighted by Crippen LogP contribution is -2.09. The number of allylic oxidation sites excluding steroid dienone is 1. The molecule has 0 amide bonds. The Morgan fingerprint density at radius 2 is 2.15 bits per heavy atom. The van der Waals surface area contributed by atoms with Crippen LogP contribution in [0.15, 0.2) is 43.1 Å². The summed E-state index contributed by atoms with van der Waals surface area (Å²) < 4.78 is 23.4. The van der Waals surface area contributed by atoms with Crippen LogP contribution in [-0.2, 0) is 11.3 Å². The zero-order valence-electron chi connectivity index (χ0n) is 18.7. The smallest absolute Gasteiger partial charge is 0.341 e. The second-order valence-corrected chi connectivity index (χ2v) is 8.57. The van der Waals surface area contributed by atoms with E-state index in [1.807, 2.05) is 25.1 Å². The van der Waals surface area contributed by atoms with Gasteiger partial charge >= 0.3 is 5.97 Å². The summed E-state index contributed by atoms with van der Waals surface area (Å²) in [6.07, 6.45) is 6.00. The van der Waals surface area contributed by atoms with E-state index >= 15 is 0 Å². The molecular formula is C25H26FN5O2. The van der Waals surface area contributed by atoms with Gasteiger partial charge in [-0.2, -0.15) is 0 Å². The van der Waals surface area contributed by atoms with Gasteiger partial charge in [0, 0.05) is 30.1 Å². The van der Waals surface area contributed by atoms with Gasteiger partial charge in [0.05, 0.1) is 24.2 Å². The predicted molar refractivity (Wildman–Crippen MR) is 125 cm³/mol. The molecule has 1 atom stereocenters. The van der Waals surface area contributed by atoms with Crippen LogP contribution < -0.4 is 5.73 Å². The summed E-state index contributed by atoms with van der Waals surface area (Å²) in [6, 6.07) is 7.31. The fourth-order valence-corrected chi connectivity index (χ4v) is 4.32. The van der Waals surface area contributed by atoms with Gasteiger partial charge in [-0.25, -0.2) is 19.2 Å². The van der Waals surface area contributed by atoms with Crippen molar-refractivity contribution in [1.82, 2.24) is 18.9 Å². The summed E-state index contributed by atoms with van der Waals surface area (Å²) in [5, 5.41) is 0.985. The van der Waals surface area contributed by atoms with Gasteiger partial charge in [0.1, 0.15) is 22.6 Å². The van der Waals surface area contributed by atoms with E-state index in [0.29, 0.717) is 12.2 Å². The molecule has 2 N–H and O–H groups in total. The van der Waals surface area contributed by atoms with Crippen LogP contribution >= 0.6 is 0 Å². The van der Waals surface area contributed by atoms with Crippen LogP contribution in [0, 0.1) is 5.82 Å². The lowest BCUT2D eigenvalue weighted by Gasteiger charge is -2.11. The van der Waals surface area contributed by atoms with E-state index in [-0.39, 0.29) is 17.5 Å². The number of carbonyl (C=O) groups excluding carboxylic acids is 1. The second-order valence-electron chi connectivity index (χ2n) is 8.57. The number of hydrogen-bond acceptors (Lipinski definition) is 5. The number of rotatable bonds is 7. The van der Waals surface area contributed by atoms with Crippen molar-refractivity contribution < 1.29 is 13.9 Å². The van der Waals surface area contributed by atoms with E-state index in [9.17, 15) is 9.18 Å². The monoisotopic (exact) mass is 447 g/mol. The molecule has 7 nitrogen and oxygen atoms in total. The molecule has 4 aromatic heterocycles. The second kappa shape index (κ2) is 8.12. The Morgan fingerprint density at radius 1 is 1.36 bits per heavy atom. The van der Waals surface area contributed by atoms with Gasteiger partial charge in [-0.1, -0.05) is 6.08 Å². The molecular weight excluding hydrogens is 421 g/mol. The molecule has 0 aliphatic heterocycles. The van der Waals surface area contributed by atoms with Crippen LogP contribution in [0.1, 0.15) is 59.9 Å². The largest absolute Gasteiger partial charge is 0.465 e. The molecule has 4 heterocycles. The molecule has 170 valence electrons. The Hall–Kier alpha value is -3.52. The third-order valence-electron chi connectivity index (χ3n) is 6.15. The Kier molecular flexibility index (Phi) is 5.25. The molecule has 0 unspecified atom stereocenters. The van der Waals surface area contributed by atoms with Gasteiger partial charge in [-0.05, 0) is 50.5 Å². The number of aryl methyl sites for hydroxylation is 1. The number of carbonyl (C=O) groups is 1. The maximum Gasteiger partial charge on any atom is 0.341 e. The first-order valence-electron chi connectivity index (χ1n) is 11.1. The minimum atomic E-state index is -0.722. The van der Waals surface area contributed by atoms with Gasteiger partial charge < -0.3 is 19.4 Å². The predicted octanol–water partition coefficient (Wildman–Crippen LogP) is 4.75. The Morgan fingerprint density at radius 3 is 2.82 bits per heavy atom. The Labute approximate surface area is 190 Å². The van der Waals surface area contributed by atoms with E-state index in [2.05, 4.69) is 17.2 Å². The molecule has 1 aliphatic rings. The SMILES string of the molecule is C=CCCn1c(-c2nc3cc(C(=O)OC)c(F)cn3c2C2CC2)cc2ccc([C@@H](C)N)nc21. The average molecular weight is 448 g/mol. The summed E-state index contributed by atoms with van der Waals surface area (Å²) >= 11 is 0. The average Bonchev–Trinajstić information content (AvgIpc) is 3.48. The number of ether oxygens (including phenoxy) is 1. The first-order chi connectivity index (χ1) is 15.9. The highest BCUT2D eigenvalue weighted by molar-refractivity contribution is 5.91. The number of esters is 1. The van der Waals surface area contributed by atoms with Crippen LogP contribution in [-0.4, -0.2) is 32.0 Å². The number of fused-ring (bicyclic) bond motifs is 2. The van der Waals surface area contributed by atoms with E-state index in [1.165, 1.54) is 19.4 Å². The molecule has 4 aromatic rings. The number of halogens is 1.